The molecule has 144 valence electrons. The van der Waals surface area contributed by atoms with Crippen molar-refractivity contribution in [3.63, 3.8) is 0 Å². The van der Waals surface area contributed by atoms with Gasteiger partial charge in [-0.1, -0.05) is 0 Å². The van der Waals surface area contributed by atoms with Gasteiger partial charge in [0, 0.05) is 0 Å². The van der Waals surface area contributed by atoms with Crippen molar-refractivity contribution >= 4 is 6.54 Å². The van der Waals surface area contributed by atoms with E-state index < -0.39 is 23.2 Å². The molecular formula is C24H18Cl2O2Zr. The van der Waals surface area contributed by atoms with Gasteiger partial charge in [-0.05, 0) is 0 Å². The first kappa shape index (κ1) is 23.2. The number of hydrogen-bond acceptors (Lipinski definition) is 2. The van der Waals surface area contributed by atoms with Crippen LogP contribution in [0, 0.1) is 0 Å². The summed E-state index contributed by atoms with van der Waals surface area (Å²) in [5, 5.41) is 0. The van der Waals surface area contributed by atoms with E-state index in [-0.39, 0.29) is 24.8 Å². The van der Waals surface area contributed by atoms with E-state index in [0.717, 1.165) is 23.0 Å². The summed E-state index contributed by atoms with van der Waals surface area (Å²) in [6, 6.07) is 36.6. The van der Waals surface area contributed by atoms with Crippen molar-refractivity contribution in [3.8, 4) is 23.0 Å². The molecule has 0 atom stereocenters. The van der Waals surface area contributed by atoms with Gasteiger partial charge in [0.2, 0.25) is 0 Å². The molecular weight excluding hydrogens is 482 g/mol. The van der Waals surface area contributed by atoms with Gasteiger partial charge in [0.15, 0.2) is 0 Å². The summed E-state index contributed by atoms with van der Waals surface area (Å²) in [4.78, 5) is 0. The molecule has 0 fully saturated rings. The summed E-state index contributed by atoms with van der Waals surface area (Å²) in [5.74, 6) is 3.46. The number of halogens is 2. The number of hydrogen-bond donors (Lipinski definition) is 0. The molecule has 2 nitrogen and oxygen atoms in total. The van der Waals surface area contributed by atoms with Gasteiger partial charge in [0.25, 0.3) is 0 Å². The van der Waals surface area contributed by atoms with Gasteiger partial charge in [-0.15, -0.1) is 0 Å². The van der Waals surface area contributed by atoms with Crippen LogP contribution in [0.15, 0.2) is 109 Å². The normalized spacial score (nSPS) is 9.38. The second-order valence-electron chi connectivity index (χ2n) is 6.00. The molecule has 0 radical (unpaired) electrons. The van der Waals surface area contributed by atoms with Crippen LogP contribution in [0.2, 0.25) is 0 Å². The van der Waals surface area contributed by atoms with Gasteiger partial charge in [0.1, 0.15) is 0 Å². The number of para-hydroxylation sites is 2. The van der Waals surface area contributed by atoms with Crippen LogP contribution in [-0.2, 0) is 23.2 Å². The van der Waals surface area contributed by atoms with E-state index in [9.17, 15) is 0 Å². The maximum atomic E-state index is 5.86. The Labute approximate surface area is 195 Å². The van der Waals surface area contributed by atoms with Crippen LogP contribution in [0.1, 0.15) is 0 Å². The Kier molecular flexibility index (Phi) is 9.47. The molecule has 0 saturated heterocycles. The molecule has 0 aliphatic heterocycles. The molecule has 0 aliphatic rings. The van der Waals surface area contributed by atoms with Crippen molar-refractivity contribution in [3.05, 3.63) is 109 Å². The molecule has 5 heteroatoms. The molecule has 0 aromatic heterocycles. The Bertz CT molecular complexity index is 894. The molecule has 0 bridgehead atoms. The van der Waals surface area contributed by atoms with Crippen molar-refractivity contribution < 1.29 is 57.5 Å². The summed E-state index contributed by atoms with van der Waals surface area (Å²) in [6.07, 6.45) is 0. The molecule has 0 N–H and O–H groups in total. The van der Waals surface area contributed by atoms with Crippen LogP contribution in [0.4, 0.5) is 0 Å². The van der Waals surface area contributed by atoms with Gasteiger partial charge in [-0.3, -0.25) is 0 Å². The fourth-order valence-corrected chi connectivity index (χ4v) is 5.09. The second-order valence-corrected chi connectivity index (χ2v) is 9.46. The zero-order valence-electron chi connectivity index (χ0n) is 15.5. The molecule has 0 amide bonds. The van der Waals surface area contributed by atoms with E-state index in [1.54, 1.807) is 0 Å². The summed E-state index contributed by atoms with van der Waals surface area (Å²) in [6.45, 7) is 0. The third kappa shape index (κ3) is 7.05. The van der Waals surface area contributed by atoms with E-state index in [1.807, 2.05) is 60.7 Å². The van der Waals surface area contributed by atoms with Crippen molar-refractivity contribution in [2.75, 3.05) is 0 Å². The van der Waals surface area contributed by atoms with Gasteiger partial charge in [0.05, 0.1) is 0 Å². The number of benzene rings is 4. The maximum absolute atomic E-state index is 5.86. The first-order valence-electron chi connectivity index (χ1n) is 8.78. The molecule has 0 heterocycles. The molecule has 0 aliphatic carbocycles. The van der Waals surface area contributed by atoms with Crippen molar-refractivity contribution in [1.29, 1.82) is 0 Å². The molecule has 4 aromatic rings. The number of rotatable bonds is 6. The minimum absolute atomic E-state index is 0. The van der Waals surface area contributed by atoms with E-state index in [1.165, 1.54) is 6.54 Å². The zero-order valence-corrected chi connectivity index (χ0v) is 19.4. The fourth-order valence-electron chi connectivity index (χ4n) is 2.63. The van der Waals surface area contributed by atoms with Crippen LogP contribution in [0.3, 0.4) is 0 Å². The van der Waals surface area contributed by atoms with Crippen LogP contribution >= 0.6 is 0 Å². The summed E-state index contributed by atoms with van der Waals surface area (Å²) in [7, 11) is 0. The van der Waals surface area contributed by atoms with Gasteiger partial charge in [-0.25, -0.2) is 0 Å². The summed E-state index contributed by atoms with van der Waals surface area (Å²) < 4.78 is 14.5. The summed E-state index contributed by atoms with van der Waals surface area (Å²) in [5.41, 5.74) is 0. The topological polar surface area (TPSA) is 18.5 Å². The third-order valence-electron chi connectivity index (χ3n) is 3.96. The van der Waals surface area contributed by atoms with Gasteiger partial charge < -0.3 is 24.8 Å². The standard InChI is InChI=1S/2C12H9O.2ClH.Zr/c2*1-3-7-11(8-4-1)13-12-9-5-2-6-10-12;;;/h2*1,3-10H;2*1H;/q;;;;+2/p-2. The van der Waals surface area contributed by atoms with E-state index in [0.29, 0.717) is 0 Å². The molecule has 4 rings (SSSR count). The van der Waals surface area contributed by atoms with Crippen LogP contribution in [0.5, 0.6) is 23.0 Å². The van der Waals surface area contributed by atoms with Crippen LogP contribution in [-0.4, -0.2) is 0 Å². The van der Waals surface area contributed by atoms with Crippen molar-refractivity contribution in [2.24, 2.45) is 0 Å². The molecule has 29 heavy (non-hydrogen) atoms. The second kappa shape index (κ2) is 11.8. The van der Waals surface area contributed by atoms with E-state index in [4.69, 9.17) is 9.47 Å². The first-order valence-corrected chi connectivity index (χ1v) is 11.2. The molecule has 0 spiro atoms. The Morgan fingerprint density at radius 1 is 0.379 bits per heavy atom. The predicted molar refractivity (Wildman–Crippen MR) is 105 cm³/mol. The Balaban J connectivity index is 0.00000150. The molecule has 0 saturated carbocycles. The molecule has 4 aromatic carbocycles. The van der Waals surface area contributed by atoms with Crippen molar-refractivity contribution in [1.82, 2.24) is 0 Å². The minimum atomic E-state index is -0.830. The Hall–Kier alpha value is -2.06. The fraction of sp³-hybridized carbons (Fsp3) is 0. The average Bonchev–Trinajstić information content (AvgIpc) is 2.73. The monoisotopic (exact) mass is 498 g/mol. The predicted octanol–water partition coefficient (Wildman–Crippen LogP) is -0.687. The van der Waals surface area contributed by atoms with Gasteiger partial charge in [-0.2, -0.15) is 0 Å². The van der Waals surface area contributed by atoms with E-state index in [2.05, 4.69) is 48.5 Å². The van der Waals surface area contributed by atoms with Crippen molar-refractivity contribution in [2.45, 2.75) is 0 Å². The zero-order chi connectivity index (χ0) is 18.3. The average molecular weight is 501 g/mol. The van der Waals surface area contributed by atoms with Gasteiger partial charge >= 0.3 is 171 Å². The Morgan fingerprint density at radius 2 is 0.690 bits per heavy atom. The number of ether oxygens (including phenoxy) is 2. The summed E-state index contributed by atoms with van der Waals surface area (Å²) >= 11 is -0.830. The van der Waals surface area contributed by atoms with Crippen LogP contribution < -0.4 is 40.8 Å². The first-order chi connectivity index (χ1) is 13.3. The van der Waals surface area contributed by atoms with Crippen LogP contribution in [0.25, 0.3) is 0 Å². The Morgan fingerprint density at radius 3 is 1.03 bits per heavy atom. The third-order valence-corrected chi connectivity index (χ3v) is 7.01. The van der Waals surface area contributed by atoms with E-state index >= 15 is 0 Å². The SMILES string of the molecule is [Cl-].[Cl-].c1ccc(Oc2cc[c]([Zr+2][c]3ccc(Oc4ccccc4)cc3)cc2)cc1. The molecule has 0 unspecified atom stereocenters. The quantitative estimate of drug-likeness (QED) is 0.349.